The first-order valence-electron chi connectivity index (χ1n) is 9.03. The number of unbranched alkanes of at least 4 members (excludes halogenated alkanes) is 2. The molecule has 0 saturated heterocycles. The molecule has 2 N–H and O–H groups in total. The maximum atomic E-state index is 12.2. The lowest BCUT2D eigenvalue weighted by Crippen LogP contribution is -2.44. The number of rotatable bonds is 8. The van der Waals surface area contributed by atoms with Crippen molar-refractivity contribution in [2.45, 2.75) is 31.7 Å². The number of nitrogens with zero attached hydrogens (tertiary/aromatic N) is 2. The van der Waals surface area contributed by atoms with Crippen molar-refractivity contribution in [2.24, 2.45) is 0 Å². The first-order valence-corrected chi connectivity index (χ1v) is 9.03. The summed E-state index contributed by atoms with van der Waals surface area (Å²) >= 11 is 0. The van der Waals surface area contributed by atoms with Crippen molar-refractivity contribution < 1.29 is 19.4 Å². The number of anilines is 1. The number of aliphatic hydroxyl groups excluding tert-OH is 1. The number of aliphatic hydroxyl groups is 1. The van der Waals surface area contributed by atoms with E-state index >= 15 is 0 Å². The molecule has 0 unspecified atom stereocenters. The van der Waals surface area contributed by atoms with Crippen LogP contribution in [0.2, 0.25) is 0 Å². The number of carbonyl (C=O) groups excluding carboxylic acids is 2. The van der Waals surface area contributed by atoms with E-state index in [2.05, 4.69) is 5.32 Å². The van der Waals surface area contributed by atoms with Gasteiger partial charge in [0, 0.05) is 39.9 Å². The number of fused-ring (bicyclic) bond motifs is 1. The molecule has 0 aliphatic carbocycles. The normalized spacial score (nSPS) is 15.8. The van der Waals surface area contributed by atoms with E-state index in [0.717, 1.165) is 30.7 Å². The molecule has 1 aliphatic heterocycles. The quantitative estimate of drug-likeness (QED) is 0.680. The van der Waals surface area contributed by atoms with Crippen LogP contribution in [0.15, 0.2) is 18.2 Å². The molecule has 0 fully saturated rings. The van der Waals surface area contributed by atoms with Crippen LogP contribution in [0.4, 0.5) is 5.69 Å². The van der Waals surface area contributed by atoms with Gasteiger partial charge in [-0.1, -0.05) is 0 Å². The molecule has 1 aromatic carbocycles. The van der Waals surface area contributed by atoms with Crippen molar-refractivity contribution in [3.63, 3.8) is 0 Å². The van der Waals surface area contributed by atoms with Crippen LogP contribution in [0.25, 0.3) is 0 Å². The van der Waals surface area contributed by atoms with Gasteiger partial charge in [-0.2, -0.15) is 0 Å². The lowest BCUT2D eigenvalue weighted by atomic mass is 10.1. The van der Waals surface area contributed by atoms with E-state index < -0.39 is 0 Å². The third-order valence-electron chi connectivity index (χ3n) is 4.55. The van der Waals surface area contributed by atoms with E-state index in [-0.39, 0.29) is 24.5 Å². The van der Waals surface area contributed by atoms with Crippen LogP contribution in [-0.2, 0) is 4.79 Å². The van der Waals surface area contributed by atoms with Gasteiger partial charge < -0.3 is 25.0 Å². The molecule has 2 amide bonds. The number of carbonyl (C=O) groups is 2. The summed E-state index contributed by atoms with van der Waals surface area (Å²) in [6, 6.07) is 5.30. The Balaban J connectivity index is 1.95. The smallest absolute Gasteiger partial charge is 0.253 e. The summed E-state index contributed by atoms with van der Waals surface area (Å²) < 4.78 is 5.79. The maximum absolute atomic E-state index is 12.2. The van der Waals surface area contributed by atoms with Crippen molar-refractivity contribution in [3.8, 4) is 5.75 Å². The highest BCUT2D eigenvalue weighted by molar-refractivity contribution is 5.95. The van der Waals surface area contributed by atoms with E-state index in [0.29, 0.717) is 25.1 Å². The number of hydrogen-bond donors (Lipinski definition) is 2. The van der Waals surface area contributed by atoms with Gasteiger partial charge >= 0.3 is 0 Å². The van der Waals surface area contributed by atoms with Crippen molar-refractivity contribution in [1.82, 2.24) is 10.2 Å². The van der Waals surface area contributed by atoms with E-state index in [1.807, 2.05) is 18.0 Å². The molecule has 7 heteroatoms. The second kappa shape index (κ2) is 9.43. The summed E-state index contributed by atoms with van der Waals surface area (Å²) in [4.78, 5) is 27.9. The predicted octanol–water partition coefficient (Wildman–Crippen LogP) is 1.25. The Labute approximate surface area is 154 Å². The highest BCUT2D eigenvalue weighted by Crippen LogP contribution is 2.34. The van der Waals surface area contributed by atoms with Gasteiger partial charge in [0.05, 0.1) is 18.2 Å². The minimum atomic E-state index is -0.0790. The second-order valence-corrected chi connectivity index (χ2v) is 6.80. The summed E-state index contributed by atoms with van der Waals surface area (Å²) in [6.45, 7) is 1.24. The molecule has 0 bridgehead atoms. The fourth-order valence-electron chi connectivity index (χ4n) is 2.92. The number of nitrogens with one attached hydrogen (secondary N) is 1. The Morgan fingerprint density at radius 3 is 2.77 bits per heavy atom. The second-order valence-electron chi connectivity index (χ2n) is 6.80. The largest absolute Gasteiger partial charge is 0.489 e. The summed E-state index contributed by atoms with van der Waals surface area (Å²) in [5.41, 5.74) is 1.42. The minimum absolute atomic E-state index is 0.0154. The molecule has 144 valence electrons. The molecule has 1 aromatic rings. The number of benzene rings is 1. The SMILES string of the molecule is CN(C)C(=O)c1ccc2c(c1)N(C)[C@@H](CC(=O)NCCCCCO)CO2. The minimum Gasteiger partial charge on any atom is -0.489 e. The van der Waals surface area contributed by atoms with Crippen LogP contribution in [-0.4, -0.2) is 68.8 Å². The summed E-state index contributed by atoms with van der Waals surface area (Å²) in [5, 5.41) is 11.7. The van der Waals surface area contributed by atoms with Gasteiger partial charge in [0.2, 0.25) is 5.91 Å². The van der Waals surface area contributed by atoms with Crippen LogP contribution in [0.1, 0.15) is 36.0 Å². The van der Waals surface area contributed by atoms with Crippen molar-refractivity contribution in [3.05, 3.63) is 23.8 Å². The highest BCUT2D eigenvalue weighted by atomic mass is 16.5. The molecule has 0 saturated carbocycles. The highest BCUT2D eigenvalue weighted by Gasteiger charge is 2.27. The Bertz CT molecular complexity index is 633. The fourth-order valence-corrected chi connectivity index (χ4v) is 2.92. The molecule has 7 nitrogen and oxygen atoms in total. The molecule has 1 atom stereocenters. The van der Waals surface area contributed by atoms with E-state index in [4.69, 9.17) is 9.84 Å². The zero-order chi connectivity index (χ0) is 19.1. The maximum Gasteiger partial charge on any atom is 0.253 e. The van der Waals surface area contributed by atoms with Crippen LogP contribution in [0, 0.1) is 0 Å². The summed E-state index contributed by atoms with van der Waals surface area (Å²) in [7, 11) is 5.36. The third-order valence-corrected chi connectivity index (χ3v) is 4.55. The van der Waals surface area contributed by atoms with E-state index in [1.54, 1.807) is 26.2 Å². The van der Waals surface area contributed by atoms with Crippen molar-refractivity contribution in [2.75, 3.05) is 45.8 Å². The molecule has 0 aromatic heterocycles. The van der Waals surface area contributed by atoms with Crippen molar-refractivity contribution in [1.29, 1.82) is 0 Å². The first-order chi connectivity index (χ1) is 12.4. The average molecular weight is 363 g/mol. The lowest BCUT2D eigenvalue weighted by Gasteiger charge is -2.35. The standard InChI is InChI=1S/C19H29N3O4/c1-21(2)19(25)14-7-8-17-16(11-14)22(3)15(13-26-17)12-18(24)20-9-5-4-6-10-23/h7-8,11,15,23H,4-6,9-10,12-13H2,1-3H3,(H,20,24)/t15-/m0/s1. The molecule has 2 rings (SSSR count). The van der Waals surface area contributed by atoms with Gasteiger partial charge in [-0.15, -0.1) is 0 Å². The number of amides is 2. The van der Waals surface area contributed by atoms with Gasteiger partial charge in [-0.3, -0.25) is 9.59 Å². The number of ether oxygens (including phenoxy) is 1. The van der Waals surface area contributed by atoms with Gasteiger partial charge in [-0.05, 0) is 37.5 Å². The van der Waals surface area contributed by atoms with Gasteiger partial charge in [0.1, 0.15) is 12.4 Å². The van der Waals surface area contributed by atoms with Crippen LogP contribution < -0.4 is 15.0 Å². The molecular formula is C19H29N3O4. The predicted molar refractivity (Wildman–Crippen MR) is 101 cm³/mol. The van der Waals surface area contributed by atoms with Gasteiger partial charge in [0.15, 0.2) is 0 Å². The van der Waals surface area contributed by atoms with Gasteiger partial charge in [-0.25, -0.2) is 0 Å². The number of hydrogen-bond acceptors (Lipinski definition) is 5. The molecular weight excluding hydrogens is 334 g/mol. The monoisotopic (exact) mass is 363 g/mol. The first kappa shape index (κ1) is 20.0. The van der Waals surface area contributed by atoms with E-state index in [1.165, 1.54) is 4.90 Å². The van der Waals surface area contributed by atoms with Crippen LogP contribution >= 0.6 is 0 Å². The zero-order valence-corrected chi connectivity index (χ0v) is 15.8. The Morgan fingerprint density at radius 2 is 2.08 bits per heavy atom. The lowest BCUT2D eigenvalue weighted by molar-refractivity contribution is -0.121. The molecule has 1 heterocycles. The zero-order valence-electron chi connectivity index (χ0n) is 15.8. The summed E-state index contributed by atoms with van der Waals surface area (Å²) in [5.74, 6) is 0.644. The van der Waals surface area contributed by atoms with E-state index in [9.17, 15) is 9.59 Å². The number of likely N-dealkylation sites (N-methyl/N-ethyl adjacent to an activating group) is 1. The Kier molecular flexibility index (Phi) is 7.26. The Hall–Kier alpha value is -2.28. The van der Waals surface area contributed by atoms with Crippen LogP contribution in [0.3, 0.4) is 0 Å². The molecule has 0 spiro atoms. The van der Waals surface area contributed by atoms with Crippen molar-refractivity contribution >= 4 is 17.5 Å². The molecule has 1 aliphatic rings. The third kappa shape index (κ3) is 5.11. The Morgan fingerprint density at radius 1 is 1.31 bits per heavy atom. The molecule has 0 radical (unpaired) electrons. The summed E-state index contributed by atoms with van der Waals surface area (Å²) in [6.07, 6.45) is 2.86. The van der Waals surface area contributed by atoms with Gasteiger partial charge in [0.25, 0.3) is 5.91 Å². The fraction of sp³-hybridized carbons (Fsp3) is 0.579. The topological polar surface area (TPSA) is 82.1 Å². The van der Waals surface area contributed by atoms with Crippen LogP contribution in [0.5, 0.6) is 5.75 Å². The average Bonchev–Trinajstić information content (AvgIpc) is 2.63. The molecule has 26 heavy (non-hydrogen) atoms.